The minimum atomic E-state index is -1.24. The number of nitrogens with zero attached hydrogens (tertiary/aromatic N) is 5. The summed E-state index contributed by atoms with van der Waals surface area (Å²) in [5.74, 6) is 0.713. The number of fused-ring (bicyclic) bond motifs is 1. The Kier molecular flexibility index (Phi) is 4.17. The molecule has 2 aliphatic rings. The lowest BCUT2D eigenvalue weighted by Crippen LogP contribution is -2.39. The Hall–Kier alpha value is -2.05. The van der Waals surface area contributed by atoms with E-state index in [1.54, 1.807) is 4.57 Å². The zero-order chi connectivity index (χ0) is 17.6. The first kappa shape index (κ1) is 16.4. The fraction of sp³-hybridized carbons (Fsp3) is 0.643. The van der Waals surface area contributed by atoms with Gasteiger partial charge in [-0.1, -0.05) is 0 Å². The summed E-state index contributed by atoms with van der Waals surface area (Å²) < 4.78 is 12.6. The normalized spacial score (nSPS) is 30.3. The van der Waals surface area contributed by atoms with Crippen LogP contribution < -0.4 is 10.6 Å². The number of hydrogen-bond acceptors (Lipinski definition) is 10. The second-order valence-electron chi connectivity index (χ2n) is 6.04. The van der Waals surface area contributed by atoms with Crippen LogP contribution >= 0.6 is 0 Å². The Bertz CT molecular complexity index is 763. The molecule has 2 aromatic rings. The predicted octanol–water partition coefficient (Wildman–Crippen LogP) is -2.14. The fourth-order valence-corrected chi connectivity index (χ4v) is 3.23. The smallest absolute Gasteiger partial charge is 0.210 e. The van der Waals surface area contributed by atoms with E-state index in [0.717, 1.165) is 0 Å². The van der Waals surface area contributed by atoms with E-state index in [0.29, 0.717) is 43.4 Å². The van der Waals surface area contributed by atoms with Gasteiger partial charge in [-0.15, -0.1) is 0 Å². The van der Waals surface area contributed by atoms with E-state index < -0.39 is 31.1 Å². The largest absolute Gasteiger partial charge is 0.394 e. The fourth-order valence-electron chi connectivity index (χ4n) is 3.23. The van der Waals surface area contributed by atoms with Crippen molar-refractivity contribution in [1.29, 1.82) is 0 Å². The maximum absolute atomic E-state index is 10.4. The number of imidazole rings is 1. The summed E-state index contributed by atoms with van der Waals surface area (Å²) in [5, 5.41) is 29.9. The van der Waals surface area contributed by atoms with Gasteiger partial charge in [-0.3, -0.25) is 4.57 Å². The van der Waals surface area contributed by atoms with Crippen molar-refractivity contribution < 1.29 is 24.8 Å². The number of morpholine rings is 1. The van der Waals surface area contributed by atoms with E-state index in [1.165, 1.54) is 6.33 Å². The highest BCUT2D eigenvalue weighted by atomic mass is 16.6. The van der Waals surface area contributed by atoms with Crippen molar-refractivity contribution in [2.24, 2.45) is 0 Å². The standard InChI is InChI=1S/C14H20N6O5/c15-11-8-12(17-6-16-11)20(13-10(23)9(22)7(5-21)25-13)14(18-8)19-1-3-24-4-2-19/h6-7,9-10,13,21-23H,1-5H2,(H2,15,16,17)/t7-,9-,10+,13-/m1/s1. The molecule has 2 aromatic heterocycles. The molecule has 2 saturated heterocycles. The van der Waals surface area contributed by atoms with Crippen LogP contribution in [0.15, 0.2) is 6.33 Å². The van der Waals surface area contributed by atoms with Crippen molar-refractivity contribution >= 4 is 22.9 Å². The minimum absolute atomic E-state index is 0.213. The molecule has 5 N–H and O–H groups in total. The summed E-state index contributed by atoms with van der Waals surface area (Å²) in [6.07, 6.45) is -3.01. The average Bonchev–Trinajstić information content (AvgIpc) is 3.15. The van der Waals surface area contributed by atoms with E-state index in [4.69, 9.17) is 15.2 Å². The number of aliphatic hydroxyl groups excluding tert-OH is 3. The van der Waals surface area contributed by atoms with Crippen LogP contribution in [-0.2, 0) is 9.47 Å². The van der Waals surface area contributed by atoms with E-state index in [1.807, 2.05) is 4.90 Å². The molecule has 0 bridgehead atoms. The van der Waals surface area contributed by atoms with Crippen molar-refractivity contribution in [2.75, 3.05) is 43.5 Å². The summed E-state index contributed by atoms with van der Waals surface area (Å²) in [7, 11) is 0. The summed E-state index contributed by atoms with van der Waals surface area (Å²) in [6, 6.07) is 0. The molecule has 2 fully saturated rings. The van der Waals surface area contributed by atoms with Crippen molar-refractivity contribution in [3.63, 3.8) is 0 Å². The second-order valence-corrected chi connectivity index (χ2v) is 6.04. The Labute approximate surface area is 142 Å². The molecule has 25 heavy (non-hydrogen) atoms. The zero-order valence-corrected chi connectivity index (χ0v) is 13.4. The molecule has 11 heteroatoms. The molecule has 11 nitrogen and oxygen atoms in total. The Balaban J connectivity index is 1.84. The number of hydrogen-bond donors (Lipinski definition) is 4. The van der Waals surface area contributed by atoms with Crippen molar-refractivity contribution in [3.8, 4) is 0 Å². The van der Waals surface area contributed by atoms with Gasteiger partial charge in [0.25, 0.3) is 0 Å². The quantitative estimate of drug-likeness (QED) is 0.481. The maximum Gasteiger partial charge on any atom is 0.210 e. The summed E-state index contributed by atoms with van der Waals surface area (Å²) in [5.41, 5.74) is 6.70. The lowest BCUT2D eigenvalue weighted by molar-refractivity contribution is -0.0506. The van der Waals surface area contributed by atoms with E-state index in [9.17, 15) is 15.3 Å². The molecular formula is C14H20N6O5. The minimum Gasteiger partial charge on any atom is -0.394 e. The number of anilines is 2. The van der Waals surface area contributed by atoms with Crippen LogP contribution in [0.3, 0.4) is 0 Å². The van der Waals surface area contributed by atoms with E-state index in [-0.39, 0.29) is 5.82 Å². The third kappa shape index (κ3) is 2.60. The molecule has 2 aliphatic heterocycles. The van der Waals surface area contributed by atoms with E-state index in [2.05, 4.69) is 15.0 Å². The van der Waals surface area contributed by atoms with Crippen LogP contribution in [-0.4, -0.2) is 86.1 Å². The summed E-state index contributed by atoms with van der Waals surface area (Å²) >= 11 is 0. The van der Waals surface area contributed by atoms with Gasteiger partial charge in [0, 0.05) is 13.1 Å². The Morgan fingerprint density at radius 3 is 2.64 bits per heavy atom. The Morgan fingerprint density at radius 2 is 1.96 bits per heavy atom. The van der Waals surface area contributed by atoms with Crippen LogP contribution in [0.1, 0.15) is 6.23 Å². The Morgan fingerprint density at radius 1 is 1.20 bits per heavy atom. The molecule has 0 aliphatic carbocycles. The zero-order valence-electron chi connectivity index (χ0n) is 13.4. The lowest BCUT2D eigenvalue weighted by Gasteiger charge is -2.30. The molecule has 0 saturated carbocycles. The predicted molar refractivity (Wildman–Crippen MR) is 85.8 cm³/mol. The summed E-state index contributed by atoms with van der Waals surface area (Å²) in [4.78, 5) is 14.7. The molecule has 4 rings (SSSR count). The topological polar surface area (TPSA) is 152 Å². The van der Waals surface area contributed by atoms with E-state index >= 15 is 0 Å². The number of rotatable bonds is 3. The van der Waals surface area contributed by atoms with Gasteiger partial charge in [-0.25, -0.2) is 15.0 Å². The van der Waals surface area contributed by atoms with Crippen molar-refractivity contribution in [3.05, 3.63) is 6.33 Å². The highest BCUT2D eigenvalue weighted by Crippen LogP contribution is 2.36. The first-order valence-electron chi connectivity index (χ1n) is 8.05. The second kappa shape index (κ2) is 6.35. The van der Waals surface area contributed by atoms with Gasteiger partial charge >= 0.3 is 0 Å². The van der Waals surface area contributed by atoms with Crippen LogP contribution in [0.4, 0.5) is 11.8 Å². The SMILES string of the molecule is Nc1ncnc2c1nc(N1CCOCC1)n2[C@@H]1O[C@H](CO)[C@@H](O)[C@@H]1O. The third-order valence-electron chi connectivity index (χ3n) is 4.55. The number of ether oxygens (including phenoxy) is 2. The molecule has 0 radical (unpaired) electrons. The van der Waals surface area contributed by atoms with Gasteiger partial charge in [-0.2, -0.15) is 0 Å². The number of aliphatic hydroxyl groups is 3. The lowest BCUT2D eigenvalue weighted by atomic mass is 10.1. The highest BCUT2D eigenvalue weighted by molar-refractivity contribution is 5.84. The van der Waals surface area contributed by atoms with Crippen molar-refractivity contribution in [1.82, 2.24) is 19.5 Å². The number of nitrogen functional groups attached to an aromatic ring is 1. The third-order valence-corrected chi connectivity index (χ3v) is 4.55. The van der Waals surface area contributed by atoms with Crippen LogP contribution in [0, 0.1) is 0 Å². The average molecular weight is 352 g/mol. The number of nitrogens with two attached hydrogens (primary N) is 1. The highest BCUT2D eigenvalue weighted by Gasteiger charge is 2.45. The van der Waals surface area contributed by atoms with Gasteiger partial charge in [-0.05, 0) is 0 Å². The molecule has 136 valence electrons. The molecule has 4 atom stereocenters. The molecule has 0 aromatic carbocycles. The monoisotopic (exact) mass is 352 g/mol. The molecule has 0 spiro atoms. The molecule has 0 unspecified atom stereocenters. The van der Waals surface area contributed by atoms with Gasteiger partial charge in [0.15, 0.2) is 23.2 Å². The van der Waals surface area contributed by atoms with Crippen LogP contribution in [0.25, 0.3) is 11.2 Å². The van der Waals surface area contributed by atoms with Crippen LogP contribution in [0.5, 0.6) is 0 Å². The first-order chi connectivity index (χ1) is 12.1. The van der Waals surface area contributed by atoms with Gasteiger partial charge in [0.2, 0.25) is 5.95 Å². The van der Waals surface area contributed by atoms with Crippen LogP contribution in [0.2, 0.25) is 0 Å². The maximum atomic E-state index is 10.4. The van der Waals surface area contributed by atoms with Crippen molar-refractivity contribution in [2.45, 2.75) is 24.5 Å². The molecular weight excluding hydrogens is 332 g/mol. The molecule has 4 heterocycles. The first-order valence-corrected chi connectivity index (χ1v) is 8.05. The van der Waals surface area contributed by atoms with Gasteiger partial charge in [0.05, 0.1) is 19.8 Å². The molecule has 0 amide bonds. The van der Waals surface area contributed by atoms with Gasteiger partial charge < -0.3 is 35.4 Å². The van der Waals surface area contributed by atoms with Gasteiger partial charge in [0.1, 0.15) is 24.6 Å². The number of aromatic nitrogens is 4. The summed E-state index contributed by atoms with van der Waals surface area (Å²) in [6.45, 7) is 1.88.